The molecule has 0 aromatic heterocycles. The molecule has 1 aromatic rings. The first-order chi connectivity index (χ1) is 9.53. The summed E-state index contributed by atoms with van der Waals surface area (Å²) in [5.41, 5.74) is 1.01. The van der Waals surface area contributed by atoms with Crippen molar-refractivity contribution in [1.82, 2.24) is 10.2 Å². The highest BCUT2D eigenvalue weighted by atomic mass is 16.5. The van der Waals surface area contributed by atoms with Gasteiger partial charge < -0.3 is 15.2 Å². The Hall–Kier alpha value is -1.75. The predicted octanol–water partition coefficient (Wildman–Crippen LogP) is 1.92. The van der Waals surface area contributed by atoms with Gasteiger partial charge in [-0.3, -0.25) is 9.69 Å². The lowest BCUT2D eigenvalue weighted by Gasteiger charge is -2.28. The number of hydrogen-bond acceptors (Lipinski definition) is 4. The second kappa shape index (κ2) is 7.75. The third-order valence-corrected chi connectivity index (χ3v) is 3.37. The van der Waals surface area contributed by atoms with Crippen LogP contribution in [0.4, 0.5) is 0 Å². The molecule has 1 rings (SSSR count). The van der Waals surface area contributed by atoms with Gasteiger partial charge in [-0.1, -0.05) is 13.0 Å². The SMILES string of the molecule is CCCN(CC(=O)NC)C(C)c1ccc(O)c(OC)c1. The Morgan fingerprint density at radius 3 is 2.75 bits per heavy atom. The van der Waals surface area contributed by atoms with Crippen molar-refractivity contribution in [2.24, 2.45) is 0 Å². The number of methoxy groups -OCH3 is 1. The monoisotopic (exact) mass is 280 g/mol. The molecule has 1 atom stereocenters. The van der Waals surface area contributed by atoms with E-state index in [9.17, 15) is 9.90 Å². The molecule has 0 saturated carbocycles. The van der Waals surface area contributed by atoms with Crippen LogP contribution >= 0.6 is 0 Å². The summed E-state index contributed by atoms with van der Waals surface area (Å²) in [6, 6.07) is 5.36. The highest BCUT2D eigenvalue weighted by molar-refractivity contribution is 5.77. The van der Waals surface area contributed by atoms with Crippen molar-refractivity contribution >= 4 is 5.91 Å². The van der Waals surface area contributed by atoms with E-state index in [1.165, 1.54) is 7.11 Å². The molecule has 112 valence electrons. The number of nitrogens with zero attached hydrogens (tertiary/aromatic N) is 1. The number of carbonyl (C=O) groups is 1. The predicted molar refractivity (Wildman–Crippen MR) is 79.0 cm³/mol. The normalized spacial score (nSPS) is 12.2. The molecule has 20 heavy (non-hydrogen) atoms. The second-order valence-electron chi connectivity index (χ2n) is 4.75. The zero-order valence-corrected chi connectivity index (χ0v) is 12.6. The van der Waals surface area contributed by atoms with Gasteiger partial charge in [-0.25, -0.2) is 0 Å². The number of ether oxygens (including phenoxy) is 1. The Bertz CT molecular complexity index is 449. The second-order valence-corrected chi connectivity index (χ2v) is 4.75. The minimum atomic E-state index is -0.00366. The zero-order valence-electron chi connectivity index (χ0n) is 12.6. The Balaban J connectivity index is 2.93. The van der Waals surface area contributed by atoms with Gasteiger partial charge in [0.15, 0.2) is 11.5 Å². The summed E-state index contributed by atoms with van der Waals surface area (Å²) in [5, 5.41) is 12.3. The van der Waals surface area contributed by atoms with E-state index < -0.39 is 0 Å². The van der Waals surface area contributed by atoms with Crippen LogP contribution in [0.5, 0.6) is 11.5 Å². The van der Waals surface area contributed by atoms with E-state index in [4.69, 9.17) is 4.74 Å². The standard InChI is InChI=1S/C15H24N2O3/c1-5-8-17(10-15(19)16-3)11(2)12-6-7-13(18)14(9-12)20-4/h6-7,9,11,18H,5,8,10H2,1-4H3,(H,16,19). The first-order valence-corrected chi connectivity index (χ1v) is 6.85. The molecule has 2 N–H and O–H groups in total. The van der Waals surface area contributed by atoms with Crippen molar-refractivity contribution in [2.75, 3.05) is 27.2 Å². The van der Waals surface area contributed by atoms with Crippen molar-refractivity contribution in [3.8, 4) is 11.5 Å². The fourth-order valence-electron chi connectivity index (χ4n) is 2.13. The first kappa shape index (κ1) is 16.3. The van der Waals surface area contributed by atoms with Crippen LogP contribution in [0.15, 0.2) is 18.2 Å². The van der Waals surface area contributed by atoms with Gasteiger partial charge in [0, 0.05) is 13.1 Å². The van der Waals surface area contributed by atoms with Crippen LogP contribution in [0, 0.1) is 0 Å². The fraction of sp³-hybridized carbons (Fsp3) is 0.533. The molecular weight excluding hydrogens is 256 g/mol. The average Bonchev–Trinajstić information content (AvgIpc) is 2.46. The van der Waals surface area contributed by atoms with E-state index in [0.29, 0.717) is 12.3 Å². The molecule has 0 spiro atoms. The molecule has 0 radical (unpaired) electrons. The Morgan fingerprint density at radius 2 is 2.20 bits per heavy atom. The minimum Gasteiger partial charge on any atom is -0.504 e. The number of hydrogen-bond donors (Lipinski definition) is 2. The van der Waals surface area contributed by atoms with E-state index in [0.717, 1.165) is 18.5 Å². The Kier molecular flexibility index (Phi) is 6.31. The quantitative estimate of drug-likeness (QED) is 0.801. The summed E-state index contributed by atoms with van der Waals surface area (Å²) in [6.07, 6.45) is 0.969. The van der Waals surface area contributed by atoms with E-state index in [2.05, 4.69) is 17.1 Å². The van der Waals surface area contributed by atoms with Crippen LogP contribution in [-0.4, -0.2) is 43.2 Å². The van der Waals surface area contributed by atoms with E-state index >= 15 is 0 Å². The van der Waals surface area contributed by atoms with Crippen LogP contribution in [-0.2, 0) is 4.79 Å². The number of phenolic OH excluding ortho intramolecular Hbond substituents is 1. The van der Waals surface area contributed by atoms with Crippen LogP contribution in [0.1, 0.15) is 31.9 Å². The highest BCUT2D eigenvalue weighted by Gasteiger charge is 2.18. The molecule has 1 aromatic carbocycles. The van der Waals surface area contributed by atoms with E-state index in [-0.39, 0.29) is 17.7 Å². The van der Waals surface area contributed by atoms with Crippen LogP contribution in [0.2, 0.25) is 0 Å². The van der Waals surface area contributed by atoms with Crippen LogP contribution in [0.3, 0.4) is 0 Å². The molecule has 0 aliphatic rings. The fourth-order valence-corrected chi connectivity index (χ4v) is 2.13. The molecule has 5 nitrogen and oxygen atoms in total. The Morgan fingerprint density at radius 1 is 1.50 bits per heavy atom. The molecule has 0 fully saturated rings. The number of nitrogens with one attached hydrogen (secondary N) is 1. The number of rotatable bonds is 7. The topological polar surface area (TPSA) is 61.8 Å². The Labute approximate surface area is 120 Å². The minimum absolute atomic E-state index is 0.00366. The number of amides is 1. The van der Waals surface area contributed by atoms with Gasteiger partial charge in [0.2, 0.25) is 5.91 Å². The molecular formula is C15H24N2O3. The summed E-state index contributed by atoms with van der Waals surface area (Å²) in [6.45, 7) is 5.32. The smallest absolute Gasteiger partial charge is 0.233 e. The number of aromatic hydroxyl groups is 1. The average molecular weight is 280 g/mol. The third-order valence-electron chi connectivity index (χ3n) is 3.37. The third kappa shape index (κ3) is 4.13. The van der Waals surface area contributed by atoms with E-state index in [1.807, 2.05) is 19.1 Å². The zero-order chi connectivity index (χ0) is 15.1. The van der Waals surface area contributed by atoms with Crippen molar-refractivity contribution in [3.05, 3.63) is 23.8 Å². The van der Waals surface area contributed by atoms with Crippen LogP contribution < -0.4 is 10.1 Å². The summed E-state index contributed by atoms with van der Waals surface area (Å²) < 4.78 is 5.13. The van der Waals surface area contributed by atoms with Gasteiger partial charge >= 0.3 is 0 Å². The van der Waals surface area contributed by atoms with Gasteiger partial charge in [0.25, 0.3) is 0 Å². The molecule has 0 aliphatic carbocycles. The molecule has 0 heterocycles. The van der Waals surface area contributed by atoms with Gasteiger partial charge in [-0.15, -0.1) is 0 Å². The summed E-state index contributed by atoms with van der Waals surface area (Å²) in [5.74, 6) is 0.568. The number of benzene rings is 1. The van der Waals surface area contributed by atoms with Crippen molar-refractivity contribution in [3.63, 3.8) is 0 Å². The molecule has 0 aliphatic heterocycles. The number of carbonyl (C=O) groups excluding carboxylic acids is 1. The maximum atomic E-state index is 11.6. The lowest BCUT2D eigenvalue weighted by atomic mass is 10.1. The maximum Gasteiger partial charge on any atom is 0.233 e. The summed E-state index contributed by atoms with van der Waals surface area (Å²) in [7, 11) is 3.17. The van der Waals surface area contributed by atoms with Gasteiger partial charge in [-0.05, 0) is 37.6 Å². The molecule has 0 bridgehead atoms. The maximum absolute atomic E-state index is 11.6. The molecule has 5 heteroatoms. The number of phenols is 1. The lowest BCUT2D eigenvalue weighted by Crippen LogP contribution is -2.37. The van der Waals surface area contributed by atoms with Crippen molar-refractivity contribution in [1.29, 1.82) is 0 Å². The van der Waals surface area contributed by atoms with Crippen molar-refractivity contribution in [2.45, 2.75) is 26.3 Å². The van der Waals surface area contributed by atoms with Gasteiger partial charge in [0.05, 0.1) is 13.7 Å². The van der Waals surface area contributed by atoms with Gasteiger partial charge in [-0.2, -0.15) is 0 Å². The molecule has 1 amide bonds. The van der Waals surface area contributed by atoms with Crippen LogP contribution in [0.25, 0.3) is 0 Å². The highest BCUT2D eigenvalue weighted by Crippen LogP contribution is 2.30. The van der Waals surface area contributed by atoms with Crippen molar-refractivity contribution < 1.29 is 14.6 Å². The first-order valence-electron chi connectivity index (χ1n) is 6.85. The van der Waals surface area contributed by atoms with E-state index in [1.54, 1.807) is 13.1 Å². The number of likely N-dealkylation sites (N-methyl/N-ethyl adjacent to an activating group) is 1. The summed E-state index contributed by atoms with van der Waals surface area (Å²) >= 11 is 0. The van der Waals surface area contributed by atoms with Gasteiger partial charge in [0.1, 0.15) is 0 Å². The molecule has 1 unspecified atom stereocenters. The largest absolute Gasteiger partial charge is 0.504 e. The molecule has 0 saturated heterocycles. The summed E-state index contributed by atoms with van der Waals surface area (Å²) in [4.78, 5) is 13.7. The lowest BCUT2D eigenvalue weighted by molar-refractivity contribution is -0.122.